The summed E-state index contributed by atoms with van der Waals surface area (Å²) in [6.45, 7) is 1.89. The van der Waals surface area contributed by atoms with Crippen molar-refractivity contribution in [2.75, 3.05) is 13.2 Å². The van der Waals surface area contributed by atoms with E-state index in [1.165, 1.54) is 0 Å². The fourth-order valence-corrected chi connectivity index (χ4v) is 3.33. The van der Waals surface area contributed by atoms with E-state index in [2.05, 4.69) is 15.7 Å². The van der Waals surface area contributed by atoms with E-state index in [0.29, 0.717) is 42.8 Å². The smallest absolute Gasteiger partial charge is 0.315 e. The van der Waals surface area contributed by atoms with Crippen LogP contribution in [0.2, 0.25) is 5.02 Å². The molecule has 2 amide bonds. The van der Waals surface area contributed by atoms with Crippen LogP contribution in [-0.4, -0.2) is 29.0 Å². The lowest BCUT2D eigenvalue weighted by molar-refractivity contribution is 0.240. The van der Waals surface area contributed by atoms with Gasteiger partial charge in [-0.3, -0.25) is 0 Å². The minimum absolute atomic E-state index is 0.266. The van der Waals surface area contributed by atoms with Gasteiger partial charge in [-0.05, 0) is 41.5 Å². The Morgan fingerprint density at radius 1 is 1.07 bits per heavy atom. The minimum atomic E-state index is -0.266. The molecule has 29 heavy (non-hydrogen) atoms. The Morgan fingerprint density at radius 3 is 2.72 bits per heavy atom. The van der Waals surface area contributed by atoms with Gasteiger partial charge in [0.2, 0.25) is 0 Å². The molecule has 0 bridgehead atoms. The second-order valence-corrected chi connectivity index (χ2v) is 7.02. The van der Waals surface area contributed by atoms with Crippen molar-refractivity contribution in [1.29, 1.82) is 0 Å². The standard InChI is InChI=1S/C21H21ClN4O3/c22-18-11-16(12-19-20(18)29-9-3-8-28-19)14-24-21(27)23-13-15-4-1-5-17(10-15)26-7-2-6-25-26/h1-2,4-7,10-12H,3,8-9,13-14H2,(H2,23,24,27). The maximum absolute atomic E-state index is 12.2. The van der Waals surface area contributed by atoms with Crippen LogP contribution in [0.15, 0.2) is 54.9 Å². The molecule has 2 heterocycles. The van der Waals surface area contributed by atoms with E-state index < -0.39 is 0 Å². The Labute approximate surface area is 173 Å². The molecule has 1 aliphatic heterocycles. The molecule has 0 spiro atoms. The normalized spacial score (nSPS) is 12.9. The highest BCUT2D eigenvalue weighted by Gasteiger charge is 2.15. The van der Waals surface area contributed by atoms with Crippen molar-refractivity contribution < 1.29 is 14.3 Å². The number of ether oxygens (including phenoxy) is 2. The molecule has 8 heteroatoms. The van der Waals surface area contributed by atoms with E-state index in [9.17, 15) is 4.79 Å². The summed E-state index contributed by atoms with van der Waals surface area (Å²) in [4.78, 5) is 12.2. The number of benzene rings is 2. The molecular weight excluding hydrogens is 392 g/mol. The predicted molar refractivity (Wildman–Crippen MR) is 110 cm³/mol. The molecule has 7 nitrogen and oxygen atoms in total. The Morgan fingerprint density at radius 2 is 1.90 bits per heavy atom. The SMILES string of the molecule is O=C(NCc1cccc(-n2cccn2)c1)NCc1cc(Cl)c2c(c1)OCCCO2. The number of urea groups is 1. The van der Waals surface area contributed by atoms with Crippen LogP contribution in [0.5, 0.6) is 11.5 Å². The highest BCUT2D eigenvalue weighted by molar-refractivity contribution is 6.32. The fourth-order valence-electron chi connectivity index (χ4n) is 3.04. The molecule has 1 aromatic heterocycles. The van der Waals surface area contributed by atoms with Crippen LogP contribution in [0.25, 0.3) is 5.69 Å². The lowest BCUT2D eigenvalue weighted by atomic mass is 10.2. The van der Waals surface area contributed by atoms with E-state index in [1.807, 2.05) is 42.6 Å². The fraction of sp³-hybridized carbons (Fsp3) is 0.238. The Hall–Kier alpha value is -3.19. The number of halogens is 1. The van der Waals surface area contributed by atoms with Crippen molar-refractivity contribution in [2.45, 2.75) is 19.5 Å². The predicted octanol–water partition coefficient (Wildman–Crippen LogP) is 3.69. The molecule has 0 radical (unpaired) electrons. The second kappa shape index (κ2) is 8.87. The van der Waals surface area contributed by atoms with E-state index >= 15 is 0 Å². The largest absolute Gasteiger partial charge is 0.489 e. The van der Waals surface area contributed by atoms with Crippen molar-refractivity contribution in [2.24, 2.45) is 0 Å². The molecule has 0 saturated carbocycles. The van der Waals surface area contributed by atoms with E-state index in [-0.39, 0.29) is 6.03 Å². The summed E-state index contributed by atoms with van der Waals surface area (Å²) in [7, 11) is 0. The Balaban J connectivity index is 1.32. The molecule has 3 aromatic rings. The number of carbonyl (C=O) groups is 1. The van der Waals surface area contributed by atoms with Gasteiger partial charge in [-0.2, -0.15) is 5.10 Å². The third-order valence-corrected chi connectivity index (χ3v) is 4.73. The zero-order valence-corrected chi connectivity index (χ0v) is 16.5. The average molecular weight is 413 g/mol. The van der Waals surface area contributed by atoms with Crippen LogP contribution >= 0.6 is 11.6 Å². The summed E-state index contributed by atoms with van der Waals surface area (Å²) >= 11 is 6.29. The van der Waals surface area contributed by atoms with Gasteiger partial charge in [0.1, 0.15) is 0 Å². The van der Waals surface area contributed by atoms with Crippen LogP contribution in [0.4, 0.5) is 4.79 Å². The molecule has 2 aromatic carbocycles. The zero-order valence-electron chi connectivity index (χ0n) is 15.7. The topological polar surface area (TPSA) is 77.4 Å². The van der Waals surface area contributed by atoms with Crippen LogP contribution in [0.1, 0.15) is 17.5 Å². The molecule has 1 aliphatic rings. The average Bonchev–Trinajstić information content (AvgIpc) is 3.17. The molecule has 0 atom stereocenters. The van der Waals surface area contributed by atoms with Gasteiger partial charge in [-0.25, -0.2) is 9.48 Å². The quantitative estimate of drug-likeness (QED) is 0.670. The van der Waals surface area contributed by atoms with Crippen molar-refractivity contribution in [3.63, 3.8) is 0 Å². The van der Waals surface area contributed by atoms with Gasteiger partial charge in [0, 0.05) is 31.9 Å². The molecule has 2 N–H and O–H groups in total. The van der Waals surface area contributed by atoms with Crippen molar-refractivity contribution in [1.82, 2.24) is 20.4 Å². The zero-order chi connectivity index (χ0) is 20.1. The van der Waals surface area contributed by atoms with Gasteiger partial charge in [0.25, 0.3) is 0 Å². The number of hydrogen-bond acceptors (Lipinski definition) is 4. The first-order valence-corrected chi connectivity index (χ1v) is 9.75. The molecule has 0 unspecified atom stereocenters. The Kier molecular flexibility index (Phi) is 5.86. The highest BCUT2D eigenvalue weighted by Crippen LogP contribution is 2.37. The van der Waals surface area contributed by atoms with Crippen LogP contribution < -0.4 is 20.1 Å². The summed E-state index contributed by atoms with van der Waals surface area (Å²) in [5, 5.41) is 10.4. The summed E-state index contributed by atoms with van der Waals surface area (Å²) < 4.78 is 13.1. The number of nitrogens with zero attached hydrogens (tertiary/aromatic N) is 2. The number of carbonyl (C=O) groups excluding carboxylic acids is 1. The van der Waals surface area contributed by atoms with Crippen molar-refractivity contribution >= 4 is 17.6 Å². The number of hydrogen-bond donors (Lipinski definition) is 2. The minimum Gasteiger partial charge on any atom is -0.489 e. The van der Waals surface area contributed by atoms with Gasteiger partial charge in [-0.1, -0.05) is 23.7 Å². The van der Waals surface area contributed by atoms with E-state index in [4.69, 9.17) is 21.1 Å². The lowest BCUT2D eigenvalue weighted by Gasteiger charge is -2.13. The summed E-state index contributed by atoms with van der Waals surface area (Å²) in [6, 6.07) is 13.1. The Bertz CT molecular complexity index is 992. The number of nitrogens with one attached hydrogen (secondary N) is 2. The van der Waals surface area contributed by atoms with Gasteiger partial charge in [0.15, 0.2) is 11.5 Å². The number of amides is 2. The maximum Gasteiger partial charge on any atom is 0.315 e. The first-order chi connectivity index (χ1) is 14.2. The molecule has 4 rings (SSSR count). The number of aromatic nitrogens is 2. The van der Waals surface area contributed by atoms with Gasteiger partial charge < -0.3 is 20.1 Å². The van der Waals surface area contributed by atoms with Crippen LogP contribution in [-0.2, 0) is 13.1 Å². The molecule has 150 valence electrons. The van der Waals surface area contributed by atoms with E-state index in [0.717, 1.165) is 23.2 Å². The van der Waals surface area contributed by atoms with Crippen LogP contribution in [0.3, 0.4) is 0 Å². The first kappa shape index (κ1) is 19.1. The van der Waals surface area contributed by atoms with Crippen molar-refractivity contribution in [3.8, 4) is 17.2 Å². The number of rotatable bonds is 5. The molecule has 0 aliphatic carbocycles. The third kappa shape index (κ3) is 4.81. The van der Waals surface area contributed by atoms with Crippen molar-refractivity contribution in [3.05, 3.63) is 71.0 Å². The second-order valence-electron chi connectivity index (χ2n) is 6.61. The molecule has 0 fully saturated rings. The van der Waals surface area contributed by atoms with Gasteiger partial charge >= 0.3 is 6.03 Å². The van der Waals surface area contributed by atoms with E-state index in [1.54, 1.807) is 16.9 Å². The summed E-state index contributed by atoms with van der Waals surface area (Å²) in [5.74, 6) is 1.18. The number of fused-ring (bicyclic) bond motifs is 1. The third-order valence-electron chi connectivity index (χ3n) is 4.45. The maximum atomic E-state index is 12.2. The van der Waals surface area contributed by atoms with Gasteiger partial charge in [0.05, 0.1) is 23.9 Å². The molecule has 0 saturated heterocycles. The summed E-state index contributed by atoms with van der Waals surface area (Å²) in [6.07, 6.45) is 4.41. The van der Waals surface area contributed by atoms with Crippen LogP contribution in [0, 0.1) is 0 Å². The van der Waals surface area contributed by atoms with Gasteiger partial charge in [-0.15, -0.1) is 0 Å². The monoisotopic (exact) mass is 412 g/mol. The lowest BCUT2D eigenvalue weighted by Crippen LogP contribution is -2.34. The highest BCUT2D eigenvalue weighted by atomic mass is 35.5. The molecular formula is C21H21ClN4O3. The summed E-state index contributed by atoms with van der Waals surface area (Å²) in [5.41, 5.74) is 2.76. The first-order valence-electron chi connectivity index (χ1n) is 9.38.